The van der Waals surface area contributed by atoms with E-state index in [9.17, 15) is 14.4 Å². The molecule has 2 aromatic rings. The van der Waals surface area contributed by atoms with Gasteiger partial charge in [-0.3, -0.25) is 4.79 Å². The van der Waals surface area contributed by atoms with Gasteiger partial charge in [-0.15, -0.1) is 0 Å². The summed E-state index contributed by atoms with van der Waals surface area (Å²) in [5.41, 5.74) is 1.67. The lowest BCUT2D eigenvalue weighted by atomic mass is 10.1. The van der Waals surface area contributed by atoms with Gasteiger partial charge in [0.1, 0.15) is 12.6 Å². The fourth-order valence-corrected chi connectivity index (χ4v) is 2.24. The summed E-state index contributed by atoms with van der Waals surface area (Å²) in [4.78, 5) is 34.8. The number of amides is 1. The maximum atomic E-state index is 12.4. The second kappa shape index (κ2) is 9.78. The number of hydrogen-bond acceptors (Lipinski definition) is 4. The Labute approximate surface area is 151 Å². The molecule has 0 fully saturated rings. The van der Waals surface area contributed by atoms with Gasteiger partial charge in [-0.2, -0.15) is 0 Å². The second-order valence-electron chi connectivity index (χ2n) is 5.52. The van der Waals surface area contributed by atoms with Crippen LogP contribution in [0, 0.1) is 0 Å². The number of carboxylic acid groups (broad SMARTS) is 1. The van der Waals surface area contributed by atoms with Crippen LogP contribution >= 0.6 is 0 Å². The van der Waals surface area contributed by atoms with Crippen molar-refractivity contribution in [3.8, 4) is 0 Å². The predicted octanol–water partition coefficient (Wildman–Crippen LogP) is 2.10. The van der Waals surface area contributed by atoms with E-state index in [1.54, 1.807) is 0 Å². The number of aliphatic carboxylic acids is 1. The fourth-order valence-electron chi connectivity index (χ4n) is 2.24. The standard InChI is InChI=1S/C20H19NO5/c22-18(11-12-19(23)24)21-17(13-15-7-3-1-4-8-15)20(25)26-14-16-9-5-2-6-10-16/h1-12,17H,13-14H2,(H,21,22)(H,23,24)/b12-11-/t17-/m0/s1. The van der Waals surface area contributed by atoms with Crippen molar-refractivity contribution < 1.29 is 24.2 Å². The molecule has 6 heteroatoms. The van der Waals surface area contributed by atoms with Crippen LogP contribution in [0.1, 0.15) is 11.1 Å². The molecule has 0 unspecified atom stereocenters. The highest BCUT2D eigenvalue weighted by atomic mass is 16.5. The van der Waals surface area contributed by atoms with E-state index in [4.69, 9.17) is 9.84 Å². The lowest BCUT2D eigenvalue weighted by molar-refractivity contribution is -0.148. The molecule has 134 valence electrons. The third kappa shape index (κ3) is 6.60. The Kier molecular flexibility index (Phi) is 7.12. The molecule has 0 aromatic heterocycles. The molecule has 0 radical (unpaired) electrons. The van der Waals surface area contributed by atoms with Gasteiger partial charge in [-0.1, -0.05) is 60.7 Å². The Hall–Kier alpha value is -3.41. The van der Waals surface area contributed by atoms with Gasteiger partial charge in [0.25, 0.3) is 0 Å². The maximum absolute atomic E-state index is 12.4. The van der Waals surface area contributed by atoms with Crippen LogP contribution in [0.25, 0.3) is 0 Å². The van der Waals surface area contributed by atoms with Crippen molar-refractivity contribution >= 4 is 17.8 Å². The molecule has 1 amide bonds. The Morgan fingerprint density at radius 3 is 2.08 bits per heavy atom. The Balaban J connectivity index is 2.04. The summed E-state index contributed by atoms with van der Waals surface area (Å²) in [7, 11) is 0. The summed E-state index contributed by atoms with van der Waals surface area (Å²) in [5.74, 6) is -2.51. The van der Waals surface area contributed by atoms with Crippen LogP contribution < -0.4 is 5.32 Å². The number of hydrogen-bond donors (Lipinski definition) is 2. The predicted molar refractivity (Wildman–Crippen MR) is 95.1 cm³/mol. The van der Waals surface area contributed by atoms with Crippen molar-refractivity contribution in [2.24, 2.45) is 0 Å². The SMILES string of the molecule is O=C(O)/C=C\C(=O)N[C@@H](Cc1ccccc1)C(=O)OCc1ccccc1. The summed E-state index contributed by atoms with van der Waals surface area (Å²) in [6, 6.07) is 17.4. The summed E-state index contributed by atoms with van der Waals surface area (Å²) in [6.45, 7) is 0.0891. The molecular weight excluding hydrogens is 334 g/mol. The molecule has 2 rings (SSSR count). The smallest absolute Gasteiger partial charge is 0.329 e. The zero-order valence-corrected chi connectivity index (χ0v) is 14.0. The van der Waals surface area contributed by atoms with Crippen LogP contribution in [0.5, 0.6) is 0 Å². The third-order valence-corrected chi connectivity index (χ3v) is 3.48. The number of carboxylic acids is 1. The normalized spacial score (nSPS) is 11.7. The topological polar surface area (TPSA) is 92.7 Å². The van der Waals surface area contributed by atoms with E-state index in [0.29, 0.717) is 6.08 Å². The molecule has 0 saturated carbocycles. The number of nitrogens with one attached hydrogen (secondary N) is 1. The summed E-state index contributed by atoms with van der Waals surface area (Å²) in [6.07, 6.45) is 1.82. The number of carbonyl (C=O) groups is 3. The largest absolute Gasteiger partial charge is 0.478 e. The minimum atomic E-state index is -1.24. The second-order valence-corrected chi connectivity index (χ2v) is 5.52. The van der Waals surface area contributed by atoms with Crippen LogP contribution in [0.15, 0.2) is 72.8 Å². The molecule has 26 heavy (non-hydrogen) atoms. The number of esters is 1. The average molecular weight is 353 g/mol. The Morgan fingerprint density at radius 2 is 1.50 bits per heavy atom. The molecule has 2 aromatic carbocycles. The molecule has 0 heterocycles. The summed E-state index contributed by atoms with van der Waals surface area (Å²) >= 11 is 0. The third-order valence-electron chi connectivity index (χ3n) is 3.48. The number of carbonyl (C=O) groups excluding carboxylic acids is 2. The Morgan fingerprint density at radius 1 is 0.923 bits per heavy atom. The quantitative estimate of drug-likeness (QED) is 0.560. The van der Waals surface area contributed by atoms with Gasteiger partial charge in [-0.05, 0) is 11.1 Å². The van der Waals surface area contributed by atoms with Crippen molar-refractivity contribution in [2.75, 3.05) is 0 Å². The van der Waals surface area contributed by atoms with E-state index >= 15 is 0 Å². The minimum absolute atomic E-state index is 0.0891. The first-order valence-corrected chi connectivity index (χ1v) is 8.00. The zero-order chi connectivity index (χ0) is 18.8. The number of benzene rings is 2. The van der Waals surface area contributed by atoms with E-state index < -0.39 is 23.9 Å². The van der Waals surface area contributed by atoms with E-state index in [-0.39, 0.29) is 13.0 Å². The van der Waals surface area contributed by atoms with Gasteiger partial charge < -0.3 is 15.2 Å². The molecule has 0 aliphatic carbocycles. The van der Waals surface area contributed by atoms with E-state index in [1.807, 2.05) is 60.7 Å². The molecule has 0 bridgehead atoms. The lowest BCUT2D eigenvalue weighted by Gasteiger charge is -2.17. The van der Waals surface area contributed by atoms with Crippen LogP contribution in [-0.4, -0.2) is 29.0 Å². The maximum Gasteiger partial charge on any atom is 0.329 e. The van der Waals surface area contributed by atoms with Gasteiger partial charge >= 0.3 is 11.9 Å². The number of ether oxygens (including phenoxy) is 1. The molecule has 2 N–H and O–H groups in total. The lowest BCUT2D eigenvalue weighted by Crippen LogP contribution is -2.42. The molecule has 0 spiro atoms. The van der Waals surface area contributed by atoms with Crippen molar-refractivity contribution in [3.05, 3.63) is 83.9 Å². The molecule has 6 nitrogen and oxygen atoms in total. The van der Waals surface area contributed by atoms with Gasteiger partial charge in [0.2, 0.25) is 5.91 Å². The van der Waals surface area contributed by atoms with Gasteiger partial charge in [0.15, 0.2) is 0 Å². The number of rotatable bonds is 8. The highest BCUT2D eigenvalue weighted by molar-refractivity contribution is 5.96. The summed E-state index contributed by atoms with van der Waals surface area (Å²) < 4.78 is 5.29. The molecule has 0 saturated heterocycles. The molecule has 1 atom stereocenters. The van der Waals surface area contributed by atoms with E-state index in [2.05, 4.69) is 5.32 Å². The van der Waals surface area contributed by atoms with Crippen LogP contribution in [0.3, 0.4) is 0 Å². The first-order valence-electron chi connectivity index (χ1n) is 8.00. The van der Waals surface area contributed by atoms with Gasteiger partial charge in [0, 0.05) is 18.6 Å². The van der Waals surface area contributed by atoms with Gasteiger partial charge in [0.05, 0.1) is 0 Å². The highest BCUT2D eigenvalue weighted by Crippen LogP contribution is 2.07. The average Bonchev–Trinajstić information content (AvgIpc) is 2.65. The minimum Gasteiger partial charge on any atom is -0.478 e. The molecule has 0 aliphatic rings. The zero-order valence-electron chi connectivity index (χ0n) is 14.0. The fraction of sp³-hybridized carbons (Fsp3) is 0.150. The van der Waals surface area contributed by atoms with Crippen LogP contribution in [0.4, 0.5) is 0 Å². The van der Waals surface area contributed by atoms with E-state index in [0.717, 1.165) is 17.2 Å². The first kappa shape index (κ1) is 18.9. The molecular formula is C20H19NO5. The van der Waals surface area contributed by atoms with Crippen molar-refractivity contribution in [3.63, 3.8) is 0 Å². The monoisotopic (exact) mass is 353 g/mol. The summed E-state index contributed by atoms with van der Waals surface area (Å²) in [5, 5.41) is 11.1. The first-order chi connectivity index (χ1) is 12.5. The van der Waals surface area contributed by atoms with Crippen LogP contribution in [-0.2, 0) is 32.1 Å². The molecule has 0 aliphatic heterocycles. The van der Waals surface area contributed by atoms with E-state index in [1.165, 1.54) is 0 Å². The van der Waals surface area contributed by atoms with Crippen molar-refractivity contribution in [2.45, 2.75) is 19.1 Å². The van der Waals surface area contributed by atoms with Crippen molar-refractivity contribution in [1.82, 2.24) is 5.32 Å². The Bertz CT molecular complexity index is 771. The highest BCUT2D eigenvalue weighted by Gasteiger charge is 2.22. The van der Waals surface area contributed by atoms with Crippen LogP contribution in [0.2, 0.25) is 0 Å². The van der Waals surface area contributed by atoms with Crippen molar-refractivity contribution in [1.29, 1.82) is 0 Å². The van der Waals surface area contributed by atoms with Gasteiger partial charge in [-0.25, -0.2) is 9.59 Å².